The third-order valence-electron chi connectivity index (χ3n) is 6.42. The van der Waals surface area contributed by atoms with Crippen molar-refractivity contribution in [2.45, 2.75) is 18.7 Å². The minimum Gasteiger partial charge on any atom is -0.497 e. The summed E-state index contributed by atoms with van der Waals surface area (Å²) in [5.74, 6) is 0.937. The Morgan fingerprint density at radius 3 is 2.54 bits per heavy atom. The van der Waals surface area contributed by atoms with Crippen LogP contribution in [0.1, 0.15) is 18.5 Å². The van der Waals surface area contributed by atoms with Gasteiger partial charge in [-0.25, -0.2) is 0 Å². The zero-order valence-electron chi connectivity index (χ0n) is 19.4. The van der Waals surface area contributed by atoms with E-state index in [9.17, 15) is 4.79 Å². The molecule has 5 rings (SSSR count). The van der Waals surface area contributed by atoms with Gasteiger partial charge in [-0.2, -0.15) is 0 Å². The van der Waals surface area contributed by atoms with Crippen molar-refractivity contribution in [2.24, 2.45) is 5.92 Å². The molecule has 2 N–H and O–H groups in total. The van der Waals surface area contributed by atoms with Crippen molar-refractivity contribution in [1.29, 1.82) is 0 Å². The second-order valence-electron chi connectivity index (χ2n) is 8.47. The van der Waals surface area contributed by atoms with Gasteiger partial charge in [0.1, 0.15) is 11.7 Å². The molecule has 7 nitrogen and oxygen atoms in total. The van der Waals surface area contributed by atoms with Gasteiger partial charge in [-0.3, -0.25) is 9.69 Å². The first-order valence-electron chi connectivity index (χ1n) is 11.0. The summed E-state index contributed by atoms with van der Waals surface area (Å²) in [7, 11) is 3.19. The second-order valence-corrected chi connectivity index (χ2v) is 9.30. The number of hydrogen-bond donors (Lipinski definition) is 2. The number of nitrogens with one attached hydrogen (secondary N) is 2. The number of benzene rings is 3. The standard InChI is InChI=1S/C26H24ClN3O4S/c1-26-21(24(31)28-16-10-12-18(32-2)13-11-16)22(19-8-5-9-20(33-3)23(19)34-26)29-25(35)30(26)17-7-4-6-15(27)14-17/h4-14,21-22H,1-3H3,(H,28,31)(H,29,35)/t21-,22+,26+/m0/s1. The van der Waals surface area contributed by atoms with Gasteiger partial charge in [0, 0.05) is 22.0 Å². The van der Waals surface area contributed by atoms with E-state index in [1.807, 2.05) is 37.3 Å². The summed E-state index contributed by atoms with van der Waals surface area (Å²) < 4.78 is 17.5. The smallest absolute Gasteiger partial charge is 0.236 e. The Balaban J connectivity index is 1.62. The Morgan fingerprint density at radius 2 is 1.86 bits per heavy atom. The summed E-state index contributed by atoms with van der Waals surface area (Å²) >= 11 is 12.1. The fourth-order valence-electron chi connectivity index (χ4n) is 4.83. The molecular formula is C26H24ClN3O4S. The lowest BCUT2D eigenvalue weighted by atomic mass is 9.78. The number of para-hydroxylation sites is 1. The summed E-state index contributed by atoms with van der Waals surface area (Å²) in [6, 6.07) is 19.6. The molecule has 2 aliphatic rings. The zero-order chi connectivity index (χ0) is 24.7. The van der Waals surface area contributed by atoms with E-state index in [-0.39, 0.29) is 5.91 Å². The van der Waals surface area contributed by atoms with E-state index in [1.165, 1.54) is 0 Å². The highest BCUT2D eigenvalue weighted by molar-refractivity contribution is 7.80. The first-order chi connectivity index (χ1) is 16.9. The molecule has 180 valence electrons. The predicted molar refractivity (Wildman–Crippen MR) is 140 cm³/mol. The number of methoxy groups -OCH3 is 2. The fourth-order valence-corrected chi connectivity index (χ4v) is 5.43. The van der Waals surface area contributed by atoms with Crippen molar-refractivity contribution in [3.8, 4) is 17.2 Å². The average Bonchev–Trinajstić information content (AvgIpc) is 2.83. The Morgan fingerprint density at radius 1 is 1.11 bits per heavy atom. The highest BCUT2D eigenvalue weighted by Gasteiger charge is 2.59. The molecule has 2 heterocycles. The van der Waals surface area contributed by atoms with Gasteiger partial charge in [-0.15, -0.1) is 0 Å². The lowest BCUT2D eigenvalue weighted by molar-refractivity contribution is -0.130. The molecule has 2 bridgehead atoms. The first-order valence-corrected chi connectivity index (χ1v) is 11.8. The van der Waals surface area contributed by atoms with Gasteiger partial charge in [0.05, 0.1) is 20.3 Å². The number of amides is 1. The molecule has 3 aromatic carbocycles. The van der Waals surface area contributed by atoms with Gasteiger partial charge in [-0.05, 0) is 67.7 Å². The molecule has 1 saturated heterocycles. The highest BCUT2D eigenvalue weighted by Crippen LogP contribution is 2.52. The van der Waals surface area contributed by atoms with Crippen molar-refractivity contribution in [1.82, 2.24) is 5.32 Å². The van der Waals surface area contributed by atoms with Crippen LogP contribution in [-0.4, -0.2) is 31.0 Å². The summed E-state index contributed by atoms with van der Waals surface area (Å²) in [6.45, 7) is 1.86. The Labute approximate surface area is 213 Å². The average molecular weight is 510 g/mol. The number of rotatable bonds is 5. The molecule has 0 radical (unpaired) electrons. The SMILES string of the molecule is COc1ccc(NC(=O)[C@@H]2[C@@H]3NC(=S)N(c4cccc(Cl)c4)[C@]2(C)Oc2c(OC)cccc23)cc1. The van der Waals surface area contributed by atoms with Gasteiger partial charge in [-0.1, -0.05) is 29.8 Å². The molecule has 0 saturated carbocycles. The van der Waals surface area contributed by atoms with E-state index in [1.54, 1.807) is 55.5 Å². The molecule has 1 amide bonds. The molecule has 0 aromatic heterocycles. The normalized spacial score (nSPS) is 22.4. The lowest BCUT2D eigenvalue weighted by Gasteiger charge is -2.56. The van der Waals surface area contributed by atoms with Crippen LogP contribution in [0.5, 0.6) is 17.2 Å². The number of hydrogen-bond acceptors (Lipinski definition) is 5. The number of thiocarbonyl (C=S) groups is 1. The van der Waals surface area contributed by atoms with Crippen molar-refractivity contribution in [2.75, 3.05) is 24.4 Å². The summed E-state index contributed by atoms with van der Waals surface area (Å²) in [5, 5.41) is 7.39. The maximum Gasteiger partial charge on any atom is 0.236 e. The number of anilines is 2. The van der Waals surface area contributed by atoms with E-state index in [0.717, 1.165) is 5.56 Å². The van der Waals surface area contributed by atoms with Crippen LogP contribution in [0.15, 0.2) is 66.7 Å². The van der Waals surface area contributed by atoms with Crippen molar-refractivity contribution in [3.63, 3.8) is 0 Å². The van der Waals surface area contributed by atoms with Crippen LogP contribution in [0.4, 0.5) is 11.4 Å². The van der Waals surface area contributed by atoms with E-state index >= 15 is 0 Å². The topological polar surface area (TPSA) is 72.1 Å². The molecule has 0 unspecified atom stereocenters. The lowest BCUT2D eigenvalue weighted by Crippen LogP contribution is -2.72. The van der Waals surface area contributed by atoms with Crippen LogP contribution < -0.4 is 29.7 Å². The van der Waals surface area contributed by atoms with Gasteiger partial charge < -0.3 is 24.8 Å². The van der Waals surface area contributed by atoms with Gasteiger partial charge >= 0.3 is 0 Å². The van der Waals surface area contributed by atoms with Crippen molar-refractivity contribution >= 4 is 46.2 Å². The Hall–Kier alpha value is -3.49. The molecule has 1 fully saturated rings. The number of ether oxygens (including phenoxy) is 3. The maximum atomic E-state index is 13.9. The molecule has 3 aromatic rings. The largest absolute Gasteiger partial charge is 0.497 e. The van der Waals surface area contributed by atoms with E-state index in [0.29, 0.717) is 38.8 Å². The molecule has 0 aliphatic carbocycles. The molecule has 35 heavy (non-hydrogen) atoms. The summed E-state index contributed by atoms with van der Waals surface area (Å²) in [4.78, 5) is 15.7. The third-order valence-corrected chi connectivity index (χ3v) is 6.95. The van der Waals surface area contributed by atoms with Crippen LogP contribution >= 0.6 is 23.8 Å². The predicted octanol–water partition coefficient (Wildman–Crippen LogP) is 5.16. The van der Waals surface area contributed by atoms with Gasteiger partial charge in [0.2, 0.25) is 5.91 Å². The third kappa shape index (κ3) is 3.92. The Kier molecular flexibility index (Phi) is 5.94. The van der Waals surface area contributed by atoms with Crippen LogP contribution in [-0.2, 0) is 4.79 Å². The first kappa shape index (κ1) is 23.3. The van der Waals surface area contributed by atoms with Crippen LogP contribution in [0.25, 0.3) is 0 Å². The van der Waals surface area contributed by atoms with Gasteiger partial charge in [0.15, 0.2) is 22.3 Å². The van der Waals surface area contributed by atoms with Crippen LogP contribution in [0.3, 0.4) is 0 Å². The van der Waals surface area contributed by atoms with Crippen LogP contribution in [0.2, 0.25) is 5.02 Å². The van der Waals surface area contributed by atoms with E-state index in [2.05, 4.69) is 10.6 Å². The zero-order valence-corrected chi connectivity index (χ0v) is 20.9. The molecule has 3 atom stereocenters. The quantitative estimate of drug-likeness (QED) is 0.460. The minimum absolute atomic E-state index is 0.224. The fraction of sp³-hybridized carbons (Fsp3) is 0.231. The highest BCUT2D eigenvalue weighted by atomic mass is 35.5. The number of carbonyl (C=O) groups is 1. The number of nitrogens with zero attached hydrogens (tertiary/aromatic N) is 1. The second kappa shape index (κ2) is 8.94. The molecule has 0 spiro atoms. The summed E-state index contributed by atoms with van der Waals surface area (Å²) in [6.07, 6.45) is 0. The number of halogens is 1. The number of fused-ring (bicyclic) bond motifs is 4. The van der Waals surface area contributed by atoms with Crippen LogP contribution in [0, 0.1) is 5.92 Å². The van der Waals surface area contributed by atoms with Crippen molar-refractivity contribution in [3.05, 3.63) is 77.3 Å². The summed E-state index contributed by atoms with van der Waals surface area (Å²) in [5.41, 5.74) is 0.961. The monoisotopic (exact) mass is 509 g/mol. The molecular weight excluding hydrogens is 486 g/mol. The maximum absolute atomic E-state index is 13.9. The minimum atomic E-state index is -1.18. The van der Waals surface area contributed by atoms with E-state index < -0.39 is 17.7 Å². The van der Waals surface area contributed by atoms with Gasteiger partial charge in [0.25, 0.3) is 0 Å². The molecule has 2 aliphatic heterocycles. The molecule has 9 heteroatoms. The van der Waals surface area contributed by atoms with E-state index in [4.69, 9.17) is 38.0 Å². The van der Waals surface area contributed by atoms with Crippen molar-refractivity contribution < 1.29 is 19.0 Å². The Bertz CT molecular complexity index is 1300. The number of carbonyl (C=O) groups excluding carboxylic acids is 1.